The first-order valence-corrected chi connectivity index (χ1v) is 10.8. The molecule has 1 aliphatic rings. The van der Waals surface area contributed by atoms with E-state index in [0.29, 0.717) is 37.0 Å². The van der Waals surface area contributed by atoms with Crippen LogP contribution >= 0.6 is 23.7 Å². The van der Waals surface area contributed by atoms with Crippen molar-refractivity contribution in [1.29, 1.82) is 0 Å². The number of hydrogen-bond acceptors (Lipinski definition) is 5. The molecule has 1 amide bonds. The van der Waals surface area contributed by atoms with Crippen molar-refractivity contribution in [2.45, 2.75) is 37.3 Å². The number of amides is 1. The van der Waals surface area contributed by atoms with E-state index < -0.39 is 10.0 Å². The summed E-state index contributed by atoms with van der Waals surface area (Å²) < 4.78 is 27.1. The second-order valence-corrected chi connectivity index (χ2v) is 9.46. The van der Waals surface area contributed by atoms with Crippen molar-refractivity contribution in [3.63, 3.8) is 0 Å². The number of nitrogens with one attached hydrogen (secondary N) is 2. The molecule has 1 aliphatic heterocycles. The average molecular weight is 410 g/mol. The van der Waals surface area contributed by atoms with E-state index in [1.807, 2.05) is 0 Å². The van der Waals surface area contributed by atoms with Crippen LogP contribution in [0.5, 0.6) is 0 Å². The molecule has 0 radical (unpaired) electrons. The fraction of sp³-hybridized carbons (Fsp3) is 0.688. The highest BCUT2D eigenvalue weighted by molar-refractivity contribution is 7.91. The summed E-state index contributed by atoms with van der Waals surface area (Å²) >= 11 is 1.05. The van der Waals surface area contributed by atoms with Gasteiger partial charge in [-0.2, -0.15) is 4.31 Å². The van der Waals surface area contributed by atoms with Gasteiger partial charge in [0.25, 0.3) is 15.9 Å². The maximum atomic E-state index is 12.7. The maximum absolute atomic E-state index is 12.7. The second-order valence-electron chi connectivity index (χ2n) is 6.21. The molecule has 144 valence electrons. The van der Waals surface area contributed by atoms with E-state index >= 15 is 0 Å². The summed E-state index contributed by atoms with van der Waals surface area (Å²) in [6.07, 6.45) is 2.83. The van der Waals surface area contributed by atoms with Crippen molar-refractivity contribution in [1.82, 2.24) is 14.9 Å². The van der Waals surface area contributed by atoms with E-state index in [9.17, 15) is 13.2 Å². The zero-order valence-corrected chi connectivity index (χ0v) is 17.2. The van der Waals surface area contributed by atoms with Crippen LogP contribution < -0.4 is 10.6 Å². The summed E-state index contributed by atoms with van der Waals surface area (Å²) in [6, 6.07) is 3.14. The average Bonchev–Trinajstić information content (AvgIpc) is 3.06. The lowest BCUT2D eigenvalue weighted by Gasteiger charge is -2.28. The van der Waals surface area contributed by atoms with Gasteiger partial charge in [0, 0.05) is 26.2 Å². The fourth-order valence-corrected chi connectivity index (χ4v) is 5.43. The molecular weight excluding hydrogens is 382 g/mol. The Labute approximate surface area is 160 Å². The van der Waals surface area contributed by atoms with Crippen LogP contribution in [0.2, 0.25) is 0 Å². The molecule has 0 unspecified atom stereocenters. The third-order valence-electron chi connectivity index (χ3n) is 4.16. The normalized spacial score (nSPS) is 16.4. The van der Waals surface area contributed by atoms with Gasteiger partial charge in [-0.3, -0.25) is 4.79 Å². The highest BCUT2D eigenvalue weighted by Crippen LogP contribution is 2.28. The summed E-state index contributed by atoms with van der Waals surface area (Å²) in [5.74, 6) is 0.356. The third kappa shape index (κ3) is 6.21. The molecule has 0 spiro atoms. The largest absolute Gasteiger partial charge is 0.350 e. The van der Waals surface area contributed by atoms with Crippen molar-refractivity contribution in [3.05, 3.63) is 17.0 Å². The van der Waals surface area contributed by atoms with E-state index in [1.54, 1.807) is 12.1 Å². The van der Waals surface area contributed by atoms with Crippen LogP contribution in [0.3, 0.4) is 0 Å². The molecule has 0 aliphatic carbocycles. The lowest BCUT2D eigenvalue weighted by molar-refractivity contribution is 0.0958. The van der Waals surface area contributed by atoms with Gasteiger partial charge < -0.3 is 10.6 Å². The van der Waals surface area contributed by atoms with Crippen LogP contribution in [0.15, 0.2) is 16.3 Å². The van der Waals surface area contributed by atoms with Crippen LogP contribution in [0.25, 0.3) is 0 Å². The molecule has 9 heteroatoms. The number of sulfonamides is 1. The van der Waals surface area contributed by atoms with Crippen LogP contribution in [-0.4, -0.2) is 51.4 Å². The monoisotopic (exact) mass is 409 g/mol. The summed E-state index contributed by atoms with van der Waals surface area (Å²) in [5.41, 5.74) is 0. The van der Waals surface area contributed by atoms with E-state index in [2.05, 4.69) is 24.5 Å². The fourth-order valence-electron chi connectivity index (χ4n) is 2.59. The zero-order valence-electron chi connectivity index (χ0n) is 14.8. The Morgan fingerprint density at radius 3 is 2.56 bits per heavy atom. The third-order valence-corrected chi connectivity index (χ3v) is 7.61. The minimum Gasteiger partial charge on any atom is -0.350 e. The van der Waals surface area contributed by atoms with Crippen LogP contribution in [-0.2, 0) is 10.0 Å². The van der Waals surface area contributed by atoms with Gasteiger partial charge in [0.05, 0.1) is 4.88 Å². The molecule has 0 atom stereocenters. The number of nitrogens with zero attached hydrogens (tertiary/aromatic N) is 1. The highest BCUT2D eigenvalue weighted by Gasteiger charge is 2.29. The molecule has 2 heterocycles. The van der Waals surface area contributed by atoms with Crippen molar-refractivity contribution in [2.75, 3.05) is 32.7 Å². The predicted octanol–water partition coefficient (Wildman–Crippen LogP) is 2.32. The minimum absolute atomic E-state index is 0. The molecule has 2 N–H and O–H groups in total. The summed E-state index contributed by atoms with van der Waals surface area (Å²) in [7, 11) is -3.47. The second kappa shape index (κ2) is 10.5. The van der Waals surface area contributed by atoms with E-state index in [0.717, 1.165) is 37.1 Å². The first-order chi connectivity index (χ1) is 11.4. The van der Waals surface area contributed by atoms with Crippen molar-refractivity contribution in [2.24, 2.45) is 5.92 Å². The van der Waals surface area contributed by atoms with Crippen molar-refractivity contribution in [3.8, 4) is 0 Å². The Kier molecular flexibility index (Phi) is 9.37. The number of thiophene rings is 1. The first-order valence-electron chi connectivity index (χ1n) is 8.54. The molecule has 6 nitrogen and oxygen atoms in total. The van der Waals surface area contributed by atoms with Gasteiger partial charge in [0.2, 0.25) is 0 Å². The van der Waals surface area contributed by atoms with E-state index in [-0.39, 0.29) is 22.5 Å². The number of halogens is 1. The smallest absolute Gasteiger partial charge is 0.261 e. The molecular formula is C16H28ClN3O3S2. The van der Waals surface area contributed by atoms with Crippen molar-refractivity contribution >= 4 is 39.7 Å². The molecule has 1 saturated heterocycles. The maximum Gasteiger partial charge on any atom is 0.261 e. The van der Waals surface area contributed by atoms with Crippen LogP contribution in [0.4, 0.5) is 0 Å². The highest BCUT2D eigenvalue weighted by atomic mass is 35.5. The Hall–Kier alpha value is -0.670. The Morgan fingerprint density at radius 1 is 1.24 bits per heavy atom. The van der Waals surface area contributed by atoms with Gasteiger partial charge in [0.15, 0.2) is 0 Å². The molecule has 2 rings (SSSR count). The van der Waals surface area contributed by atoms with Gasteiger partial charge in [-0.05, 0) is 43.9 Å². The molecule has 0 bridgehead atoms. The molecule has 1 aromatic rings. The molecule has 0 aromatic carbocycles. The molecule has 25 heavy (non-hydrogen) atoms. The summed E-state index contributed by atoms with van der Waals surface area (Å²) in [6.45, 7) is 7.52. The van der Waals surface area contributed by atoms with E-state index in [1.165, 1.54) is 4.31 Å². The first kappa shape index (κ1) is 22.4. The molecule has 1 aromatic heterocycles. The van der Waals surface area contributed by atoms with Crippen LogP contribution in [0, 0.1) is 5.92 Å². The Morgan fingerprint density at radius 2 is 1.92 bits per heavy atom. The quantitative estimate of drug-likeness (QED) is 0.646. The summed E-state index contributed by atoms with van der Waals surface area (Å²) in [5, 5.41) is 6.01. The number of carbonyl (C=O) groups excluding carboxylic acids is 1. The summed E-state index contributed by atoms with van der Waals surface area (Å²) in [4.78, 5) is 12.5. The lowest BCUT2D eigenvalue weighted by atomic mass is 10.0. The van der Waals surface area contributed by atoms with Gasteiger partial charge in [-0.1, -0.05) is 13.8 Å². The van der Waals surface area contributed by atoms with Gasteiger partial charge in [-0.15, -0.1) is 23.7 Å². The predicted molar refractivity (Wildman–Crippen MR) is 104 cm³/mol. The standard InChI is InChI=1S/C16H27N3O3S2.ClH/c1-3-8-17-9-10-18-16(20)14-4-5-15(23-14)24(21,22)19-11-6-13(2)7-12-19;/h4-5,13,17H,3,6-12H2,1-2H3,(H,18,20);1H. The van der Waals surface area contributed by atoms with Gasteiger partial charge in [0.1, 0.15) is 4.21 Å². The molecule has 0 saturated carbocycles. The van der Waals surface area contributed by atoms with Gasteiger partial charge >= 0.3 is 0 Å². The topological polar surface area (TPSA) is 78.5 Å². The lowest BCUT2D eigenvalue weighted by Crippen LogP contribution is -2.37. The number of carbonyl (C=O) groups is 1. The Balaban J connectivity index is 0.00000312. The van der Waals surface area contributed by atoms with Crippen LogP contribution in [0.1, 0.15) is 42.8 Å². The zero-order chi connectivity index (χ0) is 17.6. The van der Waals surface area contributed by atoms with Gasteiger partial charge in [-0.25, -0.2) is 8.42 Å². The number of rotatable bonds is 8. The van der Waals surface area contributed by atoms with Crippen molar-refractivity contribution < 1.29 is 13.2 Å². The number of hydrogen-bond donors (Lipinski definition) is 2. The Bertz CT molecular complexity index is 641. The minimum atomic E-state index is -3.47. The molecule has 1 fully saturated rings. The van der Waals surface area contributed by atoms with E-state index in [4.69, 9.17) is 0 Å². The number of piperidine rings is 1. The SMILES string of the molecule is CCCNCCNC(=O)c1ccc(S(=O)(=O)N2CCC(C)CC2)s1.Cl.